The predicted octanol–water partition coefficient (Wildman–Crippen LogP) is 5.27. The van der Waals surface area contributed by atoms with E-state index in [9.17, 15) is 4.79 Å². The quantitative estimate of drug-likeness (QED) is 0.574. The molecule has 0 spiro atoms. The number of aromatic nitrogens is 2. The molecular weight excluding hydrogens is 354 g/mol. The topological polar surface area (TPSA) is 46.1 Å². The molecule has 0 bridgehead atoms. The van der Waals surface area contributed by atoms with Gasteiger partial charge < -0.3 is 4.90 Å². The summed E-state index contributed by atoms with van der Waals surface area (Å²) in [5, 5.41) is 1.31. The zero-order chi connectivity index (χ0) is 17.8. The monoisotopic (exact) mass is 373 g/mol. The van der Waals surface area contributed by atoms with Crippen LogP contribution < -0.4 is 0 Å². The Bertz CT molecular complexity index is 887. The lowest BCUT2D eigenvalue weighted by Gasteiger charge is -2.15. The third-order valence-electron chi connectivity index (χ3n) is 3.99. The number of carbonyl (C=O) groups excluding carboxylic acids is 1. The number of amides is 1. The van der Waals surface area contributed by atoms with E-state index in [-0.39, 0.29) is 5.91 Å². The molecule has 1 aliphatic rings. The smallest absolute Gasteiger partial charge is 0.253 e. The van der Waals surface area contributed by atoms with Crippen molar-refractivity contribution in [3.05, 3.63) is 47.2 Å². The fourth-order valence-corrected chi connectivity index (χ4v) is 3.89. The van der Waals surface area contributed by atoms with Crippen molar-refractivity contribution in [1.82, 2.24) is 14.9 Å². The average molecular weight is 374 g/mol. The van der Waals surface area contributed by atoms with Gasteiger partial charge in [-0.25, -0.2) is 9.97 Å². The lowest BCUT2D eigenvalue weighted by Crippen LogP contribution is -2.27. The minimum absolute atomic E-state index is 0.107. The molecule has 0 N–H and O–H groups in total. The standard InChI is InChI=1S/C17H14ClN3OS.C2H6/c18-15-9-13-14(10-19-15)23-16(20-13)11-4-3-5-12(8-11)17(22)21-6-1-2-7-21;1-2/h3-5,8-10H,1-2,6-7H2;1-2H3. The number of halogens is 1. The number of rotatable bonds is 2. The Morgan fingerprint density at radius 2 is 1.96 bits per heavy atom. The van der Waals surface area contributed by atoms with Crippen LogP contribution in [0.5, 0.6) is 0 Å². The van der Waals surface area contributed by atoms with E-state index in [1.165, 1.54) is 0 Å². The zero-order valence-corrected chi connectivity index (χ0v) is 15.9. The predicted molar refractivity (Wildman–Crippen MR) is 104 cm³/mol. The maximum absolute atomic E-state index is 12.5. The third-order valence-corrected chi connectivity index (χ3v) is 5.25. The van der Waals surface area contributed by atoms with E-state index in [1.807, 2.05) is 43.0 Å². The molecule has 4 rings (SSSR count). The van der Waals surface area contributed by atoms with Crippen LogP contribution in [-0.4, -0.2) is 33.9 Å². The molecule has 1 saturated heterocycles. The summed E-state index contributed by atoms with van der Waals surface area (Å²) in [6, 6.07) is 9.45. The van der Waals surface area contributed by atoms with Gasteiger partial charge in [0.2, 0.25) is 0 Å². The zero-order valence-electron chi connectivity index (χ0n) is 14.3. The Morgan fingerprint density at radius 1 is 1.20 bits per heavy atom. The molecule has 0 atom stereocenters. The van der Waals surface area contributed by atoms with Crippen LogP contribution in [0.3, 0.4) is 0 Å². The van der Waals surface area contributed by atoms with Crippen LogP contribution in [0.15, 0.2) is 36.5 Å². The molecule has 4 nitrogen and oxygen atoms in total. The number of pyridine rings is 1. The van der Waals surface area contributed by atoms with Crippen molar-refractivity contribution in [2.75, 3.05) is 13.1 Å². The minimum atomic E-state index is 0.107. The van der Waals surface area contributed by atoms with E-state index in [4.69, 9.17) is 11.6 Å². The van der Waals surface area contributed by atoms with E-state index in [0.29, 0.717) is 5.15 Å². The molecule has 25 heavy (non-hydrogen) atoms. The van der Waals surface area contributed by atoms with Crippen molar-refractivity contribution in [2.24, 2.45) is 0 Å². The number of hydrogen-bond acceptors (Lipinski definition) is 4. The maximum Gasteiger partial charge on any atom is 0.253 e. The first-order valence-corrected chi connectivity index (χ1v) is 9.72. The molecular formula is C19H20ClN3OS. The number of nitrogens with zero attached hydrogens (tertiary/aromatic N) is 3. The van der Waals surface area contributed by atoms with Crippen molar-refractivity contribution in [3.8, 4) is 10.6 Å². The van der Waals surface area contributed by atoms with Gasteiger partial charge in [-0.15, -0.1) is 11.3 Å². The summed E-state index contributed by atoms with van der Waals surface area (Å²) in [5.41, 5.74) is 2.51. The lowest BCUT2D eigenvalue weighted by molar-refractivity contribution is 0.0793. The molecule has 1 aromatic carbocycles. The Hall–Kier alpha value is -1.98. The van der Waals surface area contributed by atoms with Crippen LogP contribution in [0.2, 0.25) is 5.15 Å². The van der Waals surface area contributed by atoms with E-state index in [1.54, 1.807) is 23.6 Å². The van der Waals surface area contributed by atoms with Crippen molar-refractivity contribution in [2.45, 2.75) is 26.7 Å². The fraction of sp³-hybridized carbons (Fsp3) is 0.316. The molecule has 130 valence electrons. The lowest BCUT2D eigenvalue weighted by atomic mass is 10.1. The van der Waals surface area contributed by atoms with Gasteiger partial charge >= 0.3 is 0 Å². The number of benzene rings is 1. The highest BCUT2D eigenvalue weighted by Crippen LogP contribution is 2.31. The van der Waals surface area contributed by atoms with Gasteiger partial charge in [0, 0.05) is 36.5 Å². The highest BCUT2D eigenvalue weighted by atomic mass is 35.5. The Balaban J connectivity index is 0.000000880. The van der Waals surface area contributed by atoms with Gasteiger partial charge in [0.1, 0.15) is 10.2 Å². The van der Waals surface area contributed by atoms with Gasteiger partial charge in [0.25, 0.3) is 5.91 Å². The van der Waals surface area contributed by atoms with Gasteiger partial charge in [0.05, 0.1) is 10.2 Å². The van der Waals surface area contributed by atoms with Crippen LogP contribution in [0.4, 0.5) is 0 Å². The van der Waals surface area contributed by atoms with Gasteiger partial charge in [0.15, 0.2) is 0 Å². The van der Waals surface area contributed by atoms with Gasteiger partial charge in [-0.1, -0.05) is 37.6 Å². The molecule has 3 heterocycles. The second-order valence-corrected chi connectivity index (χ2v) is 6.99. The second kappa shape index (κ2) is 7.93. The van der Waals surface area contributed by atoms with E-state index >= 15 is 0 Å². The number of carbonyl (C=O) groups is 1. The molecule has 0 unspecified atom stereocenters. The van der Waals surface area contributed by atoms with Crippen LogP contribution in [0, 0.1) is 0 Å². The average Bonchev–Trinajstić information content (AvgIpc) is 3.32. The van der Waals surface area contributed by atoms with Gasteiger partial charge in [-0.05, 0) is 25.0 Å². The van der Waals surface area contributed by atoms with E-state index in [0.717, 1.165) is 52.3 Å². The number of thiazole rings is 1. The first-order chi connectivity index (χ1) is 12.2. The molecule has 0 radical (unpaired) electrons. The largest absolute Gasteiger partial charge is 0.339 e. The molecule has 1 amide bonds. The van der Waals surface area contributed by atoms with Crippen LogP contribution in [0.25, 0.3) is 20.8 Å². The van der Waals surface area contributed by atoms with Crippen molar-refractivity contribution in [1.29, 1.82) is 0 Å². The van der Waals surface area contributed by atoms with Crippen LogP contribution in [0.1, 0.15) is 37.0 Å². The molecule has 6 heteroatoms. The van der Waals surface area contributed by atoms with E-state index in [2.05, 4.69) is 9.97 Å². The molecule has 3 aromatic rings. The normalized spacial score (nSPS) is 13.6. The van der Waals surface area contributed by atoms with Crippen LogP contribution >= 0.6 is 22.9 Å². The van der Waals surface area contributed by atoms with Crippen molar-refractivity contribution < 1.29 is 4.79 Å². The Morgan fingerprint density at radius 3 is 2.72 bits per heavy atom. The van der Waals surface area contributed by atoms with E-state index < -0.39 is 0 Å². The first kappa shape index (κ1) is 17.8. The summed E-state index contributed by atoms with van der Waals surface area (Å²) in [4.78, 5) is 23.1. The Kier molecular flexibility index (Phi) is 5.66. The molecule has 0 aliphatic carbocycles. The molecule has 1 fully saturated rings. The van der Waals surface area contributed by atoms with Gasteiger partial charge in [-0.3, -0.25) is 4.79 Å². The number of hydrogen-bond donors (Lipinski definition) is 0. The molecule has 2 aromatic heterocycles. The highest BCUT2D eigenvalue weighted by molar-refractivity contribution is 7.21. The fourth-order valence-electron chi connectivity index (χ4n) is 2.82. The summed E-state index contributed by atoms with van der Waals surface area (Å²) in [5.74, 6) is 0.107. The summed E-state index contributed by atoms with van der Waals surface area (Å²) >= 11 is 7.47. The second-order valence-electron chi connectivity index (χ2n) is 5.57. The van der Waals surface area contributed by atoms with Crippen molar-refractivity contribution >= 4 is 39.1 Å². The highest BCUT2D eigenvalue weighted by Gasteiger charge is 2.20. The minimum Gasteiger partial charge on any atom is -0.339 e. The van der Waals surface area contributed by atoms with Gasteiger partial charge in [-0.2, -0.15) is 0 Å². The number of likely N-dealkylation sites (tertiary alicyclic amines) is 1. The maximum atomic E-state index is 12.5. The summed E-state index contributed by atoms with van der Waals surface area (Å²) in [7, 11) is 0. The summed E-state index contributed by atoms with van der Waals surface area (Å²) in [6.45, 7) is 5.71. The Labute approximate surface area is 156 Å². The summed E-state index contributed by atoms with van der Waals surface area (Å²) in [6.07, 6.45) is 3.92. The SMILES string of the molecule is CC.O=C(c1cccc(-c2nc3cc(Cl)ncc3s2)c1)N1CCCC1. The van der Waals surface area contributed by atoms with Crippen molar-refractivity contribution in [3.63, 3.8) is 0 Å². The molecule has 0 saturated carbocycles. The molecule has 1 aliphatic heterocycles. The third kappa shape index (κ3) is 3.83. The summed E-state index contributed by atoms with van der Waals surface area (Å²) < 4.78 is 0.987. The number of fused-ring (bicyclic) bond motifs is 1. The van der Waals surface area contributed by atoms with Crippen LogP contribution in [-0.2, 0) is 0 Å². The first-order valence-electron chi connectivity index (χ1n) is 8.52.